The molecule has 1 aromatic heterocycles. The minimum atomic E-state index is -0.0943. The molecule has 6 heteroatoms. The van der Waals surface area contributed by atoms with Crippen LogP contribution >= 0.6 is 23.1 Å². The Balaban J connectivity index is 1.49. The number of carbonyl (C=O) groups excluding carboxylic acids is 2. The summed E-state index contributed by atoms with van der Waals surface area (Å²) in [6.45, 7) is 4.19. The van der Waals surface area contributed by atoms with E-state index in [2.05, 4.69) is 24.1 Å². The molecule has 2 aromatic carbocycles. The van der Waals surface area contributed by atoms with Gasteiger partial charge in [0.2, 0.25) is 5.91 Å². The number of carbonyl (C=O) groups is 2. The summed E-state index contributed by atoms with van der Waals surface area (Å²) >= 11 is 2.88. The largest absolute Gasteiger partial charge is 0.326 e. The van der Waals surface area contributed by atoms with E-state index in [1.807, 2.05) is 53.9 Å². The summed E-state index contributed by atoms with van der Waals surface area (Å²) in [5.41, 5.74) is 4.69. The van der Waals surface area contributed by atoms with Crippen molar-refractivity contribution in [1.29, 1.82) is 0 Å². The Bertz CT molecular complexity index is 963. The molecular weight excluding hydrogens is 400 g/mol. The number of benzene rings is 2. The van der Waals surface area contributed by atoms with Crippen molar-refractivity contribution < 1.29 is 9.59 Å². The SMILES string of the molecule is CCc1ccc(NC(=O)Cc2csc(SCC(=O)c3ccc(CC)cc3)n2)cc1. The molecule has 0 fully saturated rings. The van der Waals surface area contributed by atoms with Gasteiger partial charge in [-0.2, -0.15) is 0 Å². The van der Waals surface area contributed by atoms with E-state index < -0.39 is 0 Å². The fourth-order valence-electron chi connectivity index (χ4n) is 2.77. The third kappa shape index (κ3) is 6.27. The van der Waals surface area contributed by atoms with Gasteiger partial charge in [-0.25, -0.2) is 4.98 Å². The van der Waals surface area contributed by atoms with Crippen molar-refractivity contribution in [2.45, 2.75) is 37.4 Å². The predicted octanol–water partition coefficient (Wildman–Crippen LogP) is 5.42. The number of nitrogens with one attached hydrogen (secondary N) is 1. The van der Waals surface area contributed by atoms with Gasteiger partial charge >= 0.3 is 0 Å². The van der Waals surface area contributed by atoms with E-state index in [-0.39, 0.29) is 18.1 Å². The Labute approximate surface area is 179 Å². The molecule has 1 amide bonds. The quantitative estimate of drug-likeness (QED) is 0.368. The minimum absolute atomic E-state index is 0.0858. The molecule has 0 unspecified atom stereocenters. The van der Waals surface area contributed by atoms with Gasteiger partial charge in [-0.15, -0.1) is 11.3 Å². The Kier molecular flexibility index (Phi) is 7.61. The van der Waals surface area contributed by atoms with Crippen LogP contribution in [0.25, 0.3) is 0 Å². The summed E-state index contributed by atoms with van der Waals surface area (Å²) in [7, 11) is 0. The van der Waals surface area contributed by atoms with Gasteiger partial charge < -0.3 is 5.32 Å². The Morgan fingerprint density at radius 2 is 1.59 bits per heavy atom. The summed E-state index contributed by atoms with van der Waals surface area (Å²) in [5, 5.41) is 4.77. The third-order valence-electron chi connectivity index (χ3n) is 4.53. The van der Waals surface area contributed by atoms with E-state index in [0.29, 0.717) is 5.75 Å². The lowest BCUT2D eigenvalue weighted by Gasteiger charge is -2.05. The highest BCUT2D eigenvalue weighted by Crippen LogP contribution is 2.24. The van der Waals surface area contributed by atoms with Crippen molar-refractivity contribution in [3.05, 3.63) is 76.3 Å². The smallest absolute Gasteiger partial charge is 0.230 e. The second kappa shape index (κ2) is 10.4. The molecule has 3 rings (SSSR count). The van der Waals surface area contributed by atoms with E-state index in [0.717, 1.165) is 34.1 Å². The van der Waals surface area contributed by atoms with Gasteiger partial charge in [0.15, 0.2) is 10.1 Å². The Morgan fingerprint density at radius 3 is 2.21 bits per heavy atom. The molecule has 0 saturated heterocycles. The molecule has 1 N–H and O–H groups in total. The lowest BCUT2D eigenvalue weighted by molar-refractivity contribution is -0.115. The van der Waals surface area contributed by atoms with Gasteiger partial charge in [-0.3, -0.25) is 9.59 Å². The number of hydrogen-bond donors (Lipinski definition) is 1. The zero-order valence-electron chi connectivity index (χ0n) is 16.6. The first-order valence-corrected chi connectivity index (χ1v) is 11.5. The number of rotatable bonds is 9. The second-order valence-corrected chi connectivity index (χ2v) is 8.72. The van der Waals surface area contributed by atoms with Crippen LogP contribution < -0.4 is 5.32 Å². The van der Waals surface area contributed by atoms with E-state index in [1.165, 1.54) is 34.2 Å². The second-order valence-electron chi connectivity index (χ2n) is 6.64. The average Bonchev–Trinajstić information content (AvgIpc) is 3.19. The van der Waals surface area contributed by atoms with Gasteiger partial charge in [0, 0.05) is 16.6 Å². The van der Waals surface area contributed by atoms with Crippen LogP contribution in [0.3, 0.4) is 0 Å². The highest BCUT2D eigenvalue weighted by Gasteiger charge is 2.11. The van der Waals surface area contributed by atoms with E-state index >= 15 is 0 Å². The first kappa shape index (κ1) is 21.3. The van der Waals surface area contributed by atoms with Gasteiger partial charge in [0.1, 0.15) is 0 Å². The van der Waals surface area contributed by atoms with Crippen molar-refractivity contribution in [3.63, 3.8) is 0 Å². The van der Waals surface area contributed by atoms with Gasteiger partial charge in [0.05, 0.1) is 17.9 Å². The van der Waals surface area contributed by atoms with E-state index in [9.17, 15) is 9.59 Å². The van der Waals surface area contributed by atoms with Crippen LogP contribution in [-0.4, -0.2) is 22.4 Å². The first-order valence-electron chi connectivity index (χ1n) is 9.65. The zero-order chi connectivity index (χ0) is 20.6. The van der Waals surface area contributed by atoms with Crippen LogP contribution in [0, 0.1) is 0 Å². The highest BCUT2D eigenvalue weighted by atomic mass is 32.2. The number of ketones is 1. The van der Waals surface area contributed by atoms with Crippen molar-refractivity contribution in [1.82, 2.24) is 4.98 Å². The van der Waals surface area contributed by atoms with Crippen molar-refractivity contribution >= 4 is 40.5 Å². The molecule has 0 aliphatic carbocycles. The monoisotopic (exact) mass is 424 g/mol. The Morgan fingerprint density at radius 1 is 0.966 bits per heavy atom. The number of aromatic nitrogens is 1. The lowest BCUT2D eigenvalue weighted by atomic mass is 10.1. The van der Waals surface area contributed by atoms with Crippen LogP contribution in [0.5, 0.6) is 0 Å². The summed E-state index contributed by atoms with van der Waals surface area (Å²) in [4.78, 5) is 29.1. The molecule has 0 aliphatic heterocycles. The standard InChI is InChI=1S/C23H24N2O2S2/c1-3-16-5-9-18(10-6-16)21(26)15-29-23-25-20(14-28-23)13-22(27)24-19-11-7-17(4-2)8-12-19/h5-12,14H,3-4,13,15H2,1-2H3,(H,24,27). The fraction of sp³-hybridized carbons (Fsp3) is 0.261. The Hall–Kier alpha value is -2.44. The molecule has 0 radical (unpaired) electrons. The van der Waals surface area contributed by atoms with Crippen LogP contribution in [0.2, 0.25) is 0 Å². The molecule has 0 saturated carbocycles. The van der Waals surface area contributed by atoms with Crippen LogP contribution in [0.4, 0.5) is 5.69 Å². The van der Waals surface area contributed by atoms with Crippen molar-refractivity contribution in [2.75, 3.05) is 11.1 Å². The highest BCUT2D eigenvalue weighted by molar-refractivity contribution is 8.01. The predicted molar refractivity (Wildman–Crippen MR) is 121 cm³/mol. The molecule has 1 heterocycles. The van der Waals surface area contributed by atoms with Crippen molar-refractivity contribution in [2.24, 2.45) is 0 Å². The number of nitrogens with zero attached hydrogens (tertiary/aromatic N) is 1. The molecule has 0 spiro atoms. The van der Waals surface area contributed by atoms with Crippen LogP contribution in [0.15, 0.2) is 58.3 Å². The zero-order valence-corrected chi connectivity index (χ0v) is 18.2. The number of thiazole rings is 1. The fourth-order valence-corrected chi connectivity index (χ4v) is 4.51. The topological polar surface area (TPSA) is 59.1 Å². The number of aryl methyl sites for hydroxylation is 2. The maximum absolute atomic E-state index is 12.3. The van der Waals surface area contributed by atoms with E-state index in [4.69, 9.17) is 0 Å². The number of hydrogen-bond acceptors (Lipinski definition) is 5. The first-order chi connectivity index (χ1) is 14.1. The number of amides is 1. The maximum Gasteiger partial charge on any atom is 0.230 e. The van der Waals surface area contributed by atoms with Gasteiger partial charge in [0.25, 0.3) is 0 Å². The number of anilines is 1. The molecule has 0 aliphatic rings. The third-order valence-corrected chi connectivity index (χ3v) is 6.60. The molecular formula is C23H24N2O2S2. The summed E-state index contributed by atoms with van der Waals surface area (Å²) in [5.74, 6) is 0.333. The lowest BCUT2D eigenvalue weighted by Crippen LogP contribution is -2.14. The number of Topliss-reactive ketones (excluding diaryl/α,β-unsaturated/α-hetero) is 1. The molecule has 29 heavy (non-hydrogen) atoms. The summed E-state index contributed by atoms with van der Waals surface area (Å²) < 4.78 is 0.804. The summed E-state index contributed by atoms with van der Waals surface area (Å²) in [6.07, 6.45) is 2.15. The molecule has 0 bridgehead atoms. The molecule has 4 nitrogen and oxygen atoms in total. The van der Waals surface area contributed by atoms with E-state index in [1.54, 1.807) is 0 Å². The molecule has 0 atom stereocenters. The summed E-state index contributed by atoms with van der Waals surface area (Å²) in [6, 6.07) is 15.6. The van der Waals surface area contributed by atoms with Gasteiger partial charge in [-0.1, -0.05) is 62.0 Å². The number of thioether (sulfide) groups is 1. The van der Waals surface area contributed by atoms with Gasteiger partial charge in [-0.05, 0) is 36.1 Å². The maximum atomic E-state index is 12.3. The normalized spacial score (nSPS) is 10.7. The average molecular weight is 425 g/mol. The van der Waals surface area contributed by atoms with Crippen LogP contribution in [-0.2, 0) is 24.1 Å². The minimum Gasteiger partial charge on any atom is -0.326 e. The van der Waals surface area contributed by atoms with Crippen molar-refractivity contribution in [3.8, 4) is 0 Å². The molecule has 3 aromatic rings. The molecule has 150 valence electrons. The van der Waals surface area contributed by atoms with Crippen LogP contribution in [0.1, 0.15) is 41.0 Å².